The molecule has 35 heavy (non-hydrogen) atoms. The van der Waals surface area contributed by atoms with Crippen molar-refractivity contribution in [2.75, 3.05) is 52.4 Å². The number of urea groups is 1. The number of nitrogens with one attached hydrogen (secondary N) is 3. The predicted molar refractivity (Wildman–Crippen MR) is 149 cm³/mol. The average molecular weight is 492 g/mol. The van der Waals surface area contributed by atoms with Crippen LogP contribution < -0.4 is 16.0 Å². The molecule has 8 nitrogen and oxygen atoms in total. The fourth-order valence-electron chi connectivity index (χ4n) is 5.84. The van der Waals surface area contributed by atoms with E-state index in [1.54, 1.807) is 0 Å². The van der Waals surface area contributed by atoms with E-state index in [1.165, 1.54) is 5.84 Å². The van der Waals surface area contributed by atoms with Crippen molar-refractivity contribution in [1.82, 2.24) is 25.8 Å². The van der Waals surface area contributed by atoms with E-state index in [-0.39, 0.29) is 22.4 Å². The third kappa shape index (κ3) is 9.62. The predicted octanol–water partition coefficient (Wildman–Crippen LogP) is 3.73. The number of carbonyl (C=O) groups excluding carboxylic acids is 1. The number of nitrogens with zero attached hydrogens (tertiary/aromatic N) is 4. The topological polar surface area (TPSA) is 84.4 Å². The van der Waals surface area contributed by atoms with E-state index in [2.05, 4.69) is 88.1 Å². The second kappa shape index (κ2) is 12.4. The Morgan fingerprint density at radius 2 is 1.34 bits per heavy atom. The van der Waals surface area contributed by atoms with Crippen molar-refractivity contribution in [1.29, 1.82) is 0 Å². The minimum Gasteiger partial charge on any atom is -0.358 e. The van der Waals surface area contributed by atoms with Crippen LogP contribution in [-0.2, 0) is 0 Å². The van der Waals surface area contributed by atoms with Crippen LogP contribution in [-0.4, -0.2) is 91.4 Å². The number of amidine groups is 2. The average Bonchev–Trinajstić information content (AvgIpc) is 2.72. The van der Waals surface area contributed by atoms with Crippen molar-refractivity contribution in [3.05, 3.63) is 0 Å². The third-order valence-electron chi connectivity index (χ3n) is 6.42. The molecule has 0 fully saturated rings. The highest BCUT2D eigenvalue weighted by Gasteiger charge is 2.35. The molecular formula is C27H53N7O. The van der Waals surface area contributed by atoms with Crippen LogP contribution in [0.4, 0.5) is 4.79 Å². The molecule has 3 N–H and O–H groups in total. The Morgan fingerprint density at radius 1 is 0.857 bits per heavy atom. The van der Waals surface area contributed by atoms with E-state index in [0.29, 0.717) is 19.1 Å². The van der Waals surface area contributed by atoms with Gasteiger partial charge in [0.05, 0.1) is 5.54 Å². The molecule has 202 valence electrons. The van der Waals surface area contributed by atoms with Crippen LogP contribution in [0.2, 0.25) is 0 Å². The standard InChI is InChI=1S/C27H53N7O/c1-21(2)32-27(8,9)23-29-13-11-17-34(23)19-15-31-24(35)30-14-18-33-16-10-12-28-22(33)26(6,7)20-25(3,4)5/h21,32H,10-20H2,1-9H3,(H2,30,31,35). The monoisotopic (exact) mass is 491 g/mol. The van der Waals surface area contributed by atoms with Gasteiger partial charge in [-0.1, -0.05) is 34.6 Å². The largest absolute Gasteiger partial charge is 0.358 e. The van der Waals surface area contributed by atoms with Gasteiger partial charge in [-0.3, -0.25) is 9.98 Å². The fraction of sp³-hybridized carbons (Fsp3) is 0.889. The van der Waals surface area contributed by atoms with Gasteiger partial charge in [-0.2, -0.15) is 0 Å². The molecule has 2 amide bonds. The van der Waals surface area contributed by atoms with E-state index >= 15 is 0 Å². The number of hydrogen-bond acceptors (Lipinski definition) is 6. The van der Waals surface area contributed by atoms with Gasteiger partial charge in [-0.25, -0.2) is 4.79 Å². The van der Waals surface area contributed by atoms with E-state index in [1.807, 2.05) is 0 Å². The van der Waals surface area contributed by atoms with Gasteiger partial charge in [-0.05, 0) is 52.4 Å². The molecule has 2 rings (SSSR count). The summed E-state index contributed by atoms with van der Waals surface area (Å²) in [6.45, 7) is 26.7. The maximum absolute atomic E-state index is 12.5. The Morgan fingerprint density at radius 3 is 1.83 bits per heavy atom. The molecule has 0 unspecified atom stereocenters. The van der Waals surface area contributed by atoms with Crippen molar-refractivity contribution in [2.24, 2.45) is 20.8 Å². The summed E-state index contributed by atoms with van der Waals surface area (Å²) < 4.78 is 0. The lowest BCUT2D eigenvalue weighted by Gasteiger charge is -2.41. The van der Waals surface area contributed by atoms with Gasteiger partial charge >= 0.3 is 6.03 Å². The maximum Gasteiger partial charge on any atom is 0.314 e. The molecule has 0 aliphatic carbocycles. The number of carbonyl (C=O) groups is 1. The quantitative estimate of drug-likeness (QED) is 0.411. The first-order chi connectivity index (χ1) is 16.2. The minimum absolute atomic E-state index is 0.0207. The normalized spacial score (nSPS) is 17.9. The van der Waals surface area contributed by atoms with Crippen molar-refractivity contribution in [2.45, 2.75) is 93.2 Å². The first kappa shape index (κ1) is 29.4. The van der Waals surface area contributed by atoms with Crippen LogP contribution in [0.5, 0.6) is 0 Å². The fourth-order valence-corrected chi connectivity index (χ4v) is 5.84. The third-order valence-corrected chi connectivity index (χ3v) is 6.42. The Kier molecular flexibility index (Phi) is 10.4. The van der Waals surface area contributed by atoms with Crippen LogP contribution in [0.15, 0.2) is 9.98 Å². The molecule has 2 aliphatic heterocycles. The first-order valence-corrected chi connectivity index (χ1v) is 13.6. The van der Waals surface area contributed by atoms with Crippen LogP contribution in [0, 0.1) is 10.8 Å². The van der Waals surface area contributed by atoms with Crippen LogP contribution in [0.1, 0.15) is 81.6 Å². The SMILES string of the molecule is CC(C)NC(C)(C)C1=NCCCN1CCNC(=O)NCCN1CCCN=C1C(C)(C)CC(C)(C)C. The molecule has 0 atom stereocenters. The molecule has 2 aliphatic rings. The molecular weight excluding hydrogens is 438 g/mol. The van der Waals surface area contributed by atoms with Gasteiger partial charge in [0.1, 0.15) is 11.7 Å². The van der Waals surface area contributed by atoms with E-state index < -0.39 is 0 Å². The molecule has 0 aromatic carbocycles. The zero-order valence-electron chi connectivity index (χ0n) is 24.1. The van der Waals surface area contributed by atoms with E-state index in [0.717, 1.165) is 64.4 Å². The highest BCUT2D eigenvalue weighted by Crippen LogP contribution is 2.36. The second-order valence-electron chi connectivity index (χ2n) is 12.8. The summed E-state index contributed by atoms with van der Waals surface area (Å²) in [4.78, 5) is 26.9. The van der Waals surface area contributed by atoms with Gasteiger partial charge in [0.15, 0.2) is 0 Å². The lowest BCUT2D eigenvalue weighted by molar-refractivity contribution is 0.234. The minimum atomic E-state index is -0.189. The number of rotatable bonds is 11. The molecule has 8 heteroatoms. The number of amides is 2. The summed E-state index contributed by atoms with van der Waals surface area (Å²) in [7, 11) is 0. The molecule has 0 bridgehead atoms. The summed E-state index contributed by atoms with van der Waals surface area (Å²) in [6, 6.07) is 0.273. The summed E-state index contributed by atoms with van der Waals surface area (Å²) in [6.07, 6.45) is 3.20. The van der Waals surface area contributed by atoms with Crippen molar-refractivity contribution in [3.8, 4) is 0 Å². The maximum atomic E-state index is 12.5. The van der Waals surface area contributed by atoms with Crippen molar-refractivity contribution >= 4 is 17.7 Å². The lowest BCUT2D eigenvalue weighted by Crippen LogP contribution is -2.58. The lowest BCUT2D eigenvalue weighted by atomic mass is 9.75. The van der Waals surface area contributed by atoms with Gasteiger partial charge < -0.3 is 25.8 Å². The Balaban J connectivity index is 1.80. The van der Waals surface area contributed by atoms with Gasteiger partial charge in [0.2, 0.25) is 0 Å². The van der Waals surface area contributed by atoms with Gasteiger partial charge in [0, 0.05) is 63.8 Å². The zero-order valence-corrected chi connectivity index (χ0v) is 24.1. The van der Waals surface area contributed by atoms with E-state index in [4.69, 9.17) is 9.98 Å². The molecule has 2 heterocycles. The zero-order chi connectivity index (χ0) is 26.3. The summed E-state index contributed by atoms with van der Waals surface area (Å²) in [5.74, 6) is 2.28. The summed E-state index contributed by atoms with van der Waals surface area (Å²) in [5.41, 5.74) is 0.0738. The van der Waals surface area contributed by atoms with Gasteiger partial charge in [-0.15, -0.1) is 0 Å². The van der Waals surface area contributed by atoms with Crippen LogP contribution in [0.3, 0.4) is 0 Å². The Labute approximate surface area is 214 Å². The second-order valence-corrected chi connectivity index (χ2v) is 12.8. The molecule has 0 saturated heterocycles. The summed E-state index contributed by atoms with van der Waals surface area (Å²) in [5, 5.41) is 9.70. The Hall–Kier alpha value is -1.83. The molecule has 0 aromatic rings. The molecule has 0 aromatic heterocycles. The first-order valence-electron chi connectivity index (χ1n) is 13.6. The van der Waals surface area contributed by atoms with E-state index in [9.17, 15) is 4.79 Å². The highest BCUT2D eigenvalue weighted by atomic mass is 16.2. The van der Waals surface area contributed by atoms with Gasteiger partial charge in [0.25, 0.3) is 0 Å². The molecule has 0 saturated carbocycles. The highest BCUT2D eigenvalue weighted by molar-refractivity contribution is 5.91. The van der Waals surface area contributed by atoms with Crippen molar-refractivity contribution < 1.29 is 4.79 Å². The Bertz CT molecular complexity index is 749. The molecule has 0 radical (unpaired) electrons. The molecule has 0 spiro atoms. The van der Waals surface area contributed by atoms with Crippen molar-refractivity contribution in [3.63, 3.8) is 0 Å². The smallest absolute Gasteiger partial charge is 0.314 e. The van der Waals surface area contributed by atoms with Crippen LogP contribution in [0.25, 0.3) is 0 Å². The number of aliphatic imine (C=N–C) groups is 2. The van der Waals surface area contributed by atoms with Crippen LogP contribution >= 0.6 is 0 Å². The number of hydrogen-bond donors (Lipinski definition) is 3. The summed E-state index contributed by atoms with van der Waals surface area (Å²) >= 11 is 0.